The lowest BCUT2D eigenvalue weighted by molar-refractivity contribution is 0.0958. The number of halogens is 1. The molecule has 0 radical (unpaired) electrons. The first kappa shape index (κ1) is 18.5. The van der Waals surface area contributed by atoms with E-state index in [-0.39, 0.29) is 11.7 Å². The fraction of sp³-hybridized carbons (Fsp3) is 0.222. The molecule has 1 aromatic carbocycles. The Labute approximate surface area is 168 Å². The van der Waals surface area contributed by atoms with Crippen molar-refractivity contribution in [2.24, 2.45) is 7.05 Å². The third-order valence-electron chi connectivity index (χ3n) is 4.45. The number of benzene rings is 1. The van der Waals surface area contributed by atoms with E-state index in [1.54, 1.807) is 21.4 Å². The molecule has 0 saturated carbocycles. The molecule has 3 heterocycles. The lowest BCUT2D eigenvalue weighted by Crippen LogP contribution is -2.25. The molecule has 0 aliphatic carbocycles. The lowest BCUT2D eigenvalue weighted by Gasteiger charge is -2.04. The number of aromatic nitrogens is 5. The minimum atomic E-state index is -0.302. The number of amides is 1. The molecule has 0 saturated heterocycles. The maximum Gasteiger partial charge on any atom is 0.261 e. The summed E-state index contributed by atoms with van der Waals surface area (Å²) in [4.78, 5) is 14.0. The van der Waals surface area contributed by atoms with Crippen LogP contribution in [0.1, 0.15) is 21.2 Å². The molecule has 28 heavy (non-hydrogen) atoms. The number of fused-ring (bicyclic) bond motifs is 1. The standard InChI is InChI=1S/C18H17FN6OS2/c1-10-13-9-14(16(26)20-8-7-15-21-22-18(27)24(15)2)28-17(13)25(23-10)12-5-3-11(19)4-6-12/h3-6,9H,7-8H2,1-2H3,(H,20,26)(H,22,27). The summed E-state index contributed by atoms with van der Waals surface area (Å²) < 4.78 is 17.3. The zero-order chi connectivity index (χ0) is 19.8. The predicted octanol–water partition coefficient (Wildman–Crippen LogP) is 3.30. The van der Waals surface area contributed by atoms with Crippen LogP contribution in [0.2, 0.25) is 0 Å². The van der Waals surface area contributed by atoms with Crippen molar-refractivity contribution in [2.45, 2.75) is 13.3 Å². The molecule has 144 valence electrons. The van der Waals surface area contributed by atoms with Gasteiger partial charge in [-0.2, -0.15) is 10.2 Å². The van der Waals surface area contributed by atoms with Crippen LogP contribution >= 0.6 is 23.6 Å². The molecule has 0 fully saturated rings. The number of carbonyl (C=O) groups is 1. The monoisotopic (exact) mass is 416 g/mol. The molecule has 0 aliphatic rings. The Morgan fingerprint density at radius 1 is 1.36 bits per heavy atom. The molecular formula is C18H17FN6OS2. The predicted molar refractivity (Wildman–Crippen MR) is 108 cm³/mol. The summed E-state index contributed by atoms with van der Waals surface area (Å²) in [7, 11) is 1.83. The molecule has 2 N–H and O–H groups in total. The van der Waals surface area contributed by atoms with E-state index in [1.807, 2.05) is 20.0 Å². The van der Waals surface area contributed by atoms with Crippen molar-refractivity contribution >= 4 is 39.7 Å². The van der Waals surface area contributed by atoms with E-state index < -0.39 is 0 Å². The van der Waals surface area contributed by atoms with E-state index >= 15 is 0 Å². The van der Waals surface area contributed by atoms with Gasteiger partial charge in [0.2, 0.25) is 0 Å². The van der Waals surface area contributed by atoms with Crippen LogP contribution in [0.25, 0.3) is 15.9 Å². The molecular weight excluding hydrogens is 399 g/mol. The number of aromatic amines is 1. The van der Waals surface area contributed by atoms with Gasteiger partial charge in [-0.3, -0.25) is 9.89 Å². The fourth-order valence-electron chi connectivity index (χ4n) is 2.89. The SMILES string of the molecule is Cc1nn(-c2ccc(F)cc2)c2sc(C(=O)NCCc3n[nH]c(=S)n3C)cc12. The largest absolute Gasteiger partial charge is 0.351 e. The topological polar surface area (TPSA) is 80.5 Å². The number of nitrogens with zero attached hydrogens (tertiary/aromatic N) is 4. The molecule has 0 atom stereocenters. The van der Waals surface area contributed by atoms with Gasteiger partial charge in [-0.15, -0.1) is 11.3 Å². The second-order valence-corrected chi connectivity index (χ2v) is 7.73. The maximum atomic E-state index is 13.2. The zero-order valence-electron chi connectivity index (χ0n) is 15.2. The summed E-state index contributed by atoms with van der Waals surface area (Å²) in [5, 5.41) is 15.2. The van der Waals surface area contributed by atoms with Crippen molar-refractivity contribution in [3.63, 3.8) is 0 Å². The fourth-order valence-corrected chi connectivity index (χ4v) is 4.14. The smallest absolute Gasteiger partial charge is 0.261 e. The Bertz CT molecular complexity index is 1220. The van der Waals surface area contributed by atoms with E-state index in [0.717, 1.165) is 27.4 Å². The van der Waals surface area contributed by atoms with Crippen molar-refractivity contribution in [2.75, 3.05) is 6.54 Å². The summed E-state index contributed by atoms with van der Waals surface area (Å²) in [6.07, 6.45) is 0.572. The summed E-state index contributed by atoms with van der Waals surface area (Å²) in [5.74, 6) is 0.330. The van der Waals surface area contributed by atoms with E-state index in [0.29, 0.717) is 22.6 Å². The molecule has 4 rings (SSSR count). The first-order valence-corrected chi connectivity index (χ1v) is 9.80. The van der Waals surface area contributed by atoms with Gasteiger partial charge >= 0.3 is 0 Å². The Hall–Kier alpha value is -2.85. The molecule has 10 heteroatoms. The highest BCUT2D eigenvalue weighted by Crippen LogP contribution is 2.30. The van der Waals surface area contributed by atoms with Gasteiger partial charge in [0.25, 0.3) is 5.91 Å². The first-order chi connectivity index (χ1) is 13.4. The van der Waals surface area contributed by atoms with Crippen molar-refractivity contribution < 1.29 is 9.18 Å². The van der Waals surface area contributed by atoms with Gasteiger partial charge in [-0.25, -0.2) is 9.07 Å². The molecule has 1 amide bonds. The number of carbonyl (C=O) groups excluding carboxylic acids is 1. The van der Waals surface area contributed by atoms with Crippen LogP contribution in [-0.4, -0.2) is 37.0 Å². The molecule has 0 aliphatic heterocycles. The normalized spacial score (nSPS) is 11.2. The Balaban J connectivity index is 1.53. The zero-order valence-corrected chi connectivity index (χ0v) is 16.8. The van der Waals surface area contributed by atoms with Crippen LogP contribution in [0.3, 0.4) is 0 Å². The van der Waals surface area contributed by atoms with Crippen LogP contribution in [-0.2, 0) is 13.5 Å². The third-order valence-corrected chi connectivity index (χ3v) is 5.92. The molecule has 3 aromatic heterocycles. The van der Waals surface area contributed by atoms with Gasteiger partial charge in [0.05, 0.1) is 16.3 Å². The van der Waals surface area contributed by atoms with Gasteiger partial charge in [0.1, 0.15) is 16.5 Å². The minimum Gasteiger partial charge on any atom is -0.351 e. The van der Waals surface area contributed by atoms with Crippen LogP contribution in [0, 0.1) is 17.5 Å². The van der Waals surface area contributed by atoms with Crippen LogP contribution in [0.5, 0.6) is 0 Å². The van der Waals surface area contributed by atoms with E-state index in [2.05, 4.69) is 20.6 Å². The molecule has 0 bridgehead atoms. The second kappa shape index (κ2) is 7.28. The van der Waals surface area contributed by atoms with E-state index in [4.69, 9.17) is 12.2 Å². The highest BCUT2D eigenvalue weighted by atomic mass is 32.1. The van der Waals surface area contributed by atoms with Gasteiger partial charge in [0, 0.05) is 25.4 Å². The number of rotatable bonds is 5. The van der Waals surface area contributed by atoms with Crippen LogP contribution in [0.15, 0.2) is 30.3 Å². The highest BCUT2D eigenvalue weighted by Gasteiger charge is 2.17. The van der Waals surface area contributed by atoms with Crippen molar-refractivity contribution in [3.8, 4) is 5.69 Å². The van der Waals surface area contributed by atoms with Crippen molar-refractivity contribution in [1.82, 2.24) is 29.9 Å². The quantitative estimate of drug-likeness (QED) is 0.489. The minimum absolute atomic E-state index is 0.150. The van der Waals surface area contributed by atoms with Crippen LogP contribution < -0.4 is 5.32 Å². The first-order valence-electron chi connectivity index (χ1n) is 8.57. The lowest BCUT2D eigenvalue weighted by atomic mass is 10.3. The molecule has 4 aromatic rings. The average molecular weight is 417 g/mol. The number of hydrogen-bond acceptors (Lipinski definition) is 5. The van der Waals surface area contributed by atoms with E-state index in [9.17, 15) is 9.18 Å². The molecule has 0 spiro atoms. The summed E-state index contributed by atoms with van der Waals surface area (Å²) in [5.41, 5.74) is 1.57. The van der Waals surface area contributed by atoms with Gasteiger partial charge in [-0.05, 0) is 49.5 Å². The van der Waals surface area contributed by atoms with Crippen LogP contribution in [0.4, 0.5) is 4.39 Å². The van der Waals surface area contributed by atoms with Gasteiger partial charge in [-0.1, -0.05) is 0 Å². The van der Waals surface area contributed by atoms with Crippen molar-refractivity contribution in [1.29, 1.82) is 0 Å². The highest BCUT2D eigenvalue weighted by molar-refractivity contribution is 7.71. The van der Waals surface area contributed by atoms with E-state index in [1.165, 1.54) is 23.5 Å². The Morgan fingerprint density at radius 2 is 2.11 bits per heavy atom. The third kappa shape index (κ3) is 3.36. The summed E-state index contributed by atoms with van der Waals surface area (Å²) >= 11 is 6.44. The molecule has 7 nitrogen and oxygen atoms in total. The number of nitrogens with one attached hydrogen (secondary N) is 2. The van der Waals surface area contributed by atoms with Gasteiger partial charge < -0.3 is 9.88 Å². The number of hydrogen-bond donors (Lipinski definition) is 2. The maximum absolute atomic E-state index is 13.2. The van der Waals surface area contributed by atoms with Crippen molar-refractivity contribution in [3.05, 3.63) is 57.3 Å². The number of thiophene rings is 1. The average Bonchev–Trinajstić information content (AvgIpc) is 3.34. The van der Waals surface area contributed by atoms with Gasteiger partial charge in [0.15, 0.2) is 4.77 Å². The Kier molecular flexibility index (Phi) is 4.82. The second-order valence-electron chi connectivity index (χ2n) is 6.31. The Morgan fingerprint density at radius 3 is 2.79 bits per heavy atom. The molecule has 0 unspecified atom stereocenters. The summed E-state index contributed by atoms with van der Waals surface area (Å²) in [6.45, 7) is 2.34. The summed E-state index contributed by atoms with van der Waals surface area (Å²) in [6, 6.07) is 7.95. The number of aryl methyl sites for hydroxylation is 1. The number of H-pyrrole nitrogens is 1.